The minimum absolute atomic E-state index is 0.00395. The lowest BCUT2D eigenvalue weighted by Crippen LogP contribution is -2.61. The maximum atomic E-state index is 15.7. The third-order valence-corrected chi connectivity index (χ3v) is 9.35. The van der Waals surface area contributed by atoms with Crippen LogP contribution in [0.2, 0.25) is 0 Å². The number of aromatic nitrogens is 4. The van der Waals surface area contributed by atoms with E-state index in [0.717, 1.165) is 51.1 Å². The van der Waals surface area contributed by atoms with Crippen molar-refractivity contribution in [1.82, 2.24) is 24.9 Å². The Bertz CT molecular complexity index is 1830. The van der Waals surface area contributed by atoms with Crippen LogP contribution in [0.5, 0.6) is 11.5 Å². The molecule has 4 heterocycles. The van der Waals surface area contributed by atoms with E-state index in [1.165, 1.54) is 17.4 Å². The van der Waals surface area contributed by atoms with E-state index in [1.807, 2.05) is 43.5 Å². The molecule has 3 aromatic heterocycles. The van der Waals surface area contributed by atoms with Gasteiger partial charge in [0.1, 0.15) is 17.0 Å². The molecule has 0 atom stereocenters. The normalized spacial score (nSPS) is 16.4. The maximum Gasteiger partial charge on any atom is 0.186 e. The van der Waals surface area contributed by atoms with Gasteiger partial charge in [0.05, 0.1) is 42.2 Å². The fourth-order valence-electron chi connectivity index (χ4n) is 6.52. The van der Waals surface area contributed by atoms with E-state index in [9.17, 15) is 0 Å². The highest BCUT2D eigenvalue weighted by atomic mass is 32.1. The molecular weight excluding hydrogens is 577 g/mol. The summed E-state index contributed by atoms with van der Waals surface area (Å²) in [5.41, 5.74) is 4.95. The van der Waals surface area contributed by atoms with Crippen molar-refractivity contribution in [3.63, 3.8) is 0 Å². The van der Waals surface area contributed by atoms with Crippen LogP contribution in [0.25, 0.3) is 27.1 Å². The Labute approximate surface area is 261 Å². The summed E-state index contributed by atoms with van der Waals surface area (Å²) >= 11 is 1.52. The largest absolute Gasteiger partial charge is 0.497 e. The van der Waals surface area contributed by atoms with E-state index < -0.39 is 0 Å². The van der Waals surface area contributed by atoms with Crippen LogP contribution < -0.4 is 25.0 Å². The molecule has 2 N–H and O–H groups in total. The summed E-state index contributed by atoms with van der Waals surface area (Å²) in [6.45, 7) is 11.4. The molecule has 0 aliphatic carbocycles. The van der Waals surface area contributed by atoms with Crippen LogP contribution in [0.4, 0.5) is 15.2 Å². The number of hydrogen-bond donors (Lipinski definition) is 2. The minimum Gasteiger partial charge on any atom is -0.497 e. The fourth-order valence-corrected chi connectivity index (χ4v) is 7.58. The Morgan fingerprint density at radius 3 is 2.52 bits per heavy atom. The molecule has 44 heavy (non-hydrogen) atoms. The van der Waals surface area contributed by atoms with Gasteiger partial charge in [-0.05, 0) is 77.8 Å². The summed E-state index contributed by atoms with van der Waals surface area (Å²) in [5.74, 6) is 1.08. The summed E-state index contributed by atoms with van der Waals surface area (Å²) < 4.78 is 29.1. The van der Waals surface area contributed by atoms with E-state index in [4.69, 9.17) is 19.6 Å². The van der Waals surface area contributed by atoms with E-state index in [0.29, 0.717) is 29.0 Å². The SMILES string of the molecule is COc1ccc(CNc2cc(-c3cc(F)c4nc(N(C)C5CC(C)(C)NC(C)(C)C5)sc4c3)nn3cc(C)nc23)c(OC)c1. The molecule has 0 bridgehead atoms. The number of imidazole rings is 1. The van der Waals surface area contributed by atoms with Gasteiger partial charge >= 0.3 is 0 Å². The maximum absolute atomic E-state index is 15.7. The third-order valence-electron chi connectivity index (χ3n) is 8.26. The highest BCUT2D eigenvalue weighted by molar-refractivity contribution is 7.22. The Morgan fingerprint density at radius 1 is 1.07 bits per heavy atom. The van der Waals surface area contributed by atoms with Gasteiger partial charge in [-0.2, -0.15) is 5.10 Å². The highest BCUT2D eigenvalue weighted by Gasteiger charge is 2.39. The van der Waals surface area contributed by atoms with Crippen LogP contribution in [-0.4, -0.2) is 58.0 Å². The van der Waals surface area contributed by atoms with Crippen molar-refractivity contribution >= 4 is 38.0 Å². The number of rotatable bonds is 8. The zero-order chi connectivity index (χ0) is 31.4. The molecule has 2 aromatic carbocycles. The second-order valence-corrected chi connectivity index (χ2v) is 14.0. The number of ether oxygens (including phenoxy) is 2. The second-order valence-electron chi connectivity index (χ2n) is 13.0. The molecule has 232 valence electrons. The molecule has 1 saturated heterocycles. The molecule has 1 fully saturated rings. The Hall–Kier alpha value is -3.96. The number of benzene rings is 2. The number of nitrogens with zero attached hydrogens (tertiary/aromatic N) is 5. The monoisotopic (exact) mass is 617 g/mol. The molecule has 0 unspecified atom stereocenters. The average Bonchev–Trinajstić information content (AvgIpc) is 3.57. The van der Waals surface area contributed by atoms with Gasteiger partial charge in [-0.1, -0.05) is 11.3 Å². The first kappa shape index (κ1) is 30.1. The molecule has 5 aromatic rings. The third kappa shape index (κ3) is 5.90. The first-order valence-corrected chi connectivity index (χ1v) is 15.6. The number of hydrogen-bond acceptors (Lipinski definition) is 9. The molecule has 11 heteroatoms. The summed E-state index contributed by atoms with van der Waals surface area (Å²) in [4.78, 5) is 11.7. The minimum atomic E-state index is -0.361. The van der Waals surface area contributed by atoms with E-state index in [2.05, 4.69) is 55.3 Å². The summed E-state index contributed by atoms with van der Waals surface area (Å²) in [6.07, 6.45) is 3.82. The molecule has 1 aliphatic heterocycles. The van der Waals surface area contributed by atoms with Crippen LogP contribution in [0.3, 0.4) is 0 Å². The second kappa shape index (κ2) is 11.2. The van der Waals surface area contributed by atoms with Crippen LogP contribution in [0.1, 0.15) is 51.8 Å². The molecule has 1 aliphatic rings. The smallest absolute Gasteiger partial charge is 0.186 e. The van der Waals surface area contributed by atoms with E-state index >= 15 is 4.39 Å². The summed E-state index contributed by atoms with van der Waals surface area (Å²) in [7, 11) is 5.34. The number of aryl methyl sites for hydroxylation is 1. The Morgan fingerprint density at radius 2 is 1.82 bits per heavy atom. The van der Waals surface area contributed by atoms with Crippen LogP contribution in [0.15, 0.2) is 42.6 Å². The van der Waals surface area contributed by atoms with Gasteiger partial charge < -0.3 is 25.0 Å². The van der Waals surface area contributed by atoms with Crippen molar-refractivity contribution in [3.8, 4) is 22.8 Å². The van der Waals surface area contributed by atoms with Gasteiger partial charge in [-0.25, -0.2) is 18.9 Å². The Balaban J connectivity index is 1.33. The number of thiazole rings is 1. The molecule has 9 nitrogen and oxygen atoms in total. The predicted octanol–water partition coefficient (Wildman–Crippen LogP) is 6.83. The lowest BCUT2D eigenvalue weighted by Gasteiger charge is -2.48. The first-order chi connectivity index (χ1) is 20.8. The average molecular weight is 618 g/mol. The lowest BCUT2D eigenvalue weighted by atomic mass is 9.79. The van der Waals surface area contributed by atoms with Gasteiger partial charge in [-0.15, -0.1) is 0 Å². The van der Waals surface area contributed by atoms with Gasteiger partial charge in [0.15, 0.2) is 16.6 Å². The quantitative estimate of drug-likeness (QED) is 0.196. The molecule has 0 amide bonds. The fraction of sp³-hybridized carbons (Fsp3) is 0.424. The van der Waals surface area contributed by atoms with Crippen molar-refractivity contribution in [3.05, 3.63) is 59.7 Å². The van der Waals surface area contributed by atoms with E-state index in [1.54, 1.807) is 18.7 Å². The number of methoxy groups -OCH3 is 2. The Kier molecular flexibility index (Phi) is 7.65. The number of anilines is 2. The number of nitrogens with one attached hydrogen (secondary N) is 2. The molecule has 0 saturated carbocycles. The standard InChI is InChI=1S/C33H40FN7O2S/c1-19-18-41-30(36-19)26(35-17-20-9-10-23(42-7)13-27(20)43-8)14-25(38-41)21-11-24(34)29-28(12-21)44-31(37-29)40(6)22-15-32(2,3)39-33(4,5)16-22/h9-14,18,22,35,39H,15-17H2,1-8H3. The number of piperidine rings is 1. The van der Waals surface area contributed by atoms with Gasteiger partial charge in [0.25, 0.3) is 0 Å². The van der Waals surface area contributed by atoms with Crippen LogP contribution >= 0.6 is 11.3 Å². The molecule has 0 spiro atoms. The number of halogens is 1. The van der Waals surface area contributed by atoms with Crippen molar-refractivity contribution < 1.29 is 13.9 Å². The lowest BCUT2D eigenvalue weighted by molar-refractivity contribution is 0.161. The van der Waals surface area contributed by atoms with Crippen molar-refractivity contribution in [1.29, 1.82) is 0 Å². The van der Waals surface area contributed by atoms with Gasteiger partial charge in [-0.3, -0.25) is 0 Å². The highest BCUT2D eigenvalue weighted by Crippen LogP contribution is 2.38. The van der Waals surface area contributed by atoms with Crippen LogP contribution in [0, 0.1) is 12.7 Å². The van der Waals surface area contributed by atoms with E-state index in [-0.39, 0.29) is 22.9 Å². The topological polar surface area (TPSA) is 88.8 Å². The van der Waals surface area contributed by atoms with Gasteiger partial charge in [0, 0.05) is 47.9 Å². The van der Waals surface area contributed by atoms with Crippen molar-refractivity contribution in [2.24, 2.45) is 0 Å². The zero-order valence-corrected chi connectivity index (χ0v) is 27.4. The summed E-state index contributed by atoms with van der Waals surface area (Å²) in [5, 5.41) is 12.9. The zero-order valence-electron chi connectivity index (χ0n) is 26.6. The van der Waals surface area contributed by atoms with Crippen molar-refractivity contribution in [2.75, 3.05) is 31.5 Å². The predicted molar refractivity (Wildman–Crippen MR) is 176 cm³/mol. The number of fused-ring (bicyclic) bond motifs is 2. The van der Waals surface area contributed by atoms with Crippen LogP contribution in [-0.2, 0) is 6.54 Å². The first-order valence-electron chi connectivity index (χ1n) is 14.8. The molecule has 6 rings (SSSR count). The van der Waals surface area contributed by atoms with Crippen molar-refractivity contribution in [2.45, 2.75) is 71.1 Å². The molecule has 0 radical (unpaired) electrons. The molecular formula is C33H40FN7O2S. The van der Waals surface area contributed by atoms with Gasteiger partial charge in [0.2, 0.25) is 0 Å². The summed E-state index contributed by atoms with van der Waals surface area (Å²) in [6, 6.07) is 11.4.